The number of nitrogens with zero attached hydrogens (tertiary/aromatic N) is 3. The second-order valence-electron chi connectivity index (χ2n) is 4.61. The summed E-state index contributed by atoms with van der Waals surface area (Å²) in [6, 6.07) is 1.88. The highest BCUT2D eigenvalue weighted by Crippen LogP contribution is 2.33. The topological polar surface area (TPSA) is 92.8 Å². The molecule has 7 nitrogen and oxygen atoms in total. The van der Waals surface area contributed by atoms with E-state index in [9.17, 15) is 4.79 Å². The lowest BCUT2D eigenvalue weighted by atomic mass is 10.2. The Balaban J connectivity index is 1.95. The van der Waals surface area contributed by atoms with Gasteiger partial charge in [-0.1, -0.05) is 0 Å². The Labute approximate surface area is 130 Å². The van der Waals surface area contributed by atoms with Gasteiger partial charge in [-0.05, 0) is 25.5 Å². The number of rotatable bonds is 5. The maximum absolute atomic E-state index is 12.0. The second kappa shape index (κ2) is 6.10. The van der Waals surface area contributed by atoms with Gasteiger partial charge in [-0.3, -0.25) is 5.10 Å². The fraction of sp³-hybridized carbons (Fsp3) is 0.286. The number of hydrogen-bond donors (Lipinski definition) is 2. The Kier molecular flexibility index (Phi) is 4.01. The fourth-order valence-corrected chi connectivity index (χ4v) is 3.20. The highest BCUT2D eigenvalue weighted by molar-refractivity contribution is 7.20. The van der Waals surface area contributed by atoms with Crippen molar-refractivity contribution in [2.24, 2.45) is 0 Å². The number of aromatic nitrogens is 4. The van der Waals surface area contributed by atoms with Crippen LogP contribution in [-0.4, -0.2) is 32.7 Å². The summed E-state index contributed by atoms with van der Waals surface area (Å²) in [6.45, 7) is 4.59. The molecular formula is C14H15N5O2S. The number of fused-ring (bicyclic) bond motifs is 1. The number of carbonyl (C=O) groups excluding carboxylic acids is 1. The molecule has 3 aromatic rings. The lowest BCUT2D eigenvalue weighted by Gasteiger charge is -2.06. The van der Waals surface area contributed by atoms with Gasteiger partial charge in [0.2, 0.25) is 0 Å². The number of hydrogen-bond acceptors (Lipinski definition) is 7. The summed E-state index contributed by atoms with van der Waals surface area (Å²) in [7, 11) is 0. The van der Waals surface area contributed by atoms with E-state index in [2.05, 4.69) is 25.5 Å². The molecule has 3 rings (SSSR count). The highest BCUT2D eigenvalue weighted by atomic mass is 32.1. The van der Waals surface area contributed by atoms with Gasteiger partial charge in [-0.15, -0.1) is 11.3 Å². The number of carbonyl (C=O) groups is 1. The normalized spacial score (nSPS) is 10.8. The van der Waals surface area contributed by atoms with Crippen LogP contribution in [0.15, 0.2) is 18.6 Å². The maximum Gasteiger partial charge on any atom is 0.348 e. The maximum atomic E-state index is 12.0. The van der Waals surface area contributed by atoms with Crippen LogP contribution in [-0.2, 0) is 11.3 Å². The number of aromatic amines is 1. The molecular weight excluding hydrogens is 302 g/mol. The summed E-state index contributed by atoms with van der Waals surface area (Å²) >= 11 is 1.32. The minimum atomic E-state index is -0.317. The van der Waals surface area contributed by atoms with Gasteiger partial charge in [-0.2, -0.15) is 5.10 Å². The van der Waals surface area contributed by atoms with E-state index in [1.54, 1.807) is 13.1 Å². The summed E-state index contributed by atoms with van der Waals surface area (Å²) in [5.74, 6) is 0.381. The first-order chi connectivity index (χ1) is 10.7. The summed E-state index contributed by atoms with van der Waals surface area (Å²) in [4.78, 5) is 21.9. The first-order valence-electron chi connectivity index (χ1n) is 6.84. The average molecular weight is 317 g/mol. The van der Waals surface area contributed by atoms with E-state index in [4.69, 9.17) is 4.74 Å². The molecule has 3 heterocycles. The van der Waals surface area contributed by atoms with E-state index in [1.165, 1.54) is 17.7 Å². The zero-order chi connectivity index (χ0) is 15.5. The number of esters is 1. The standard InChI is InChI=1S/C14H15N5O2S/c1-3-21-14(20)11-8(2)10-12(16-7-17-13(10)22-11)15-6-9-4-5-18-19-9/h4-5,7H,3,6H2,1-2H3,(H,18,19)(H,15,16,17). The summed E-state index contributed by atoms with van der Waals surface area (Å²) in [5, 5.41) is 10.9. The van der Waals surface area contributed by atoms with Gasteiger partial charge < -0.3 is 10.1 Å². The van der Waals surface area contributed by atoms with Crippen molar-refractivity contribution in [3.05, 3.63) is 34.7 Å². The zero-order valence-electron chi connectivity index (χ0n) is 12.2. The molecule has 0 bridgehead atoms. The van der Waals surface area contributed by atoms with Crippen LogP contribution in [0, 0.1) is 6.92 Å². The van der Waals surface area contributed by atoms with Crippen LogP contribution in [0.3, 0.4) is 0 Å². The van der Waals surface area contributed by atoms with Crippen molar-refractivity contribution < 1.29 is 9.53 Å². The molecule has 0 aliphatic heterocycles. The Morgan fingerprint density at radius 1 is 1.45 bits per heavy atom. The minimum Gasteiger partial charge on any atom is -0.462 e. The lowest BCUT2D eigenvalue weighted by Crippen LogP contribution is -2.04. The lowest BCUT2D eigenvalue weighted by molar-refractivity contribution is 0.0531. The highest BCUT2D eigenvalue weighted by Gasteiger charge is 2.20. The number of nitrogens with one attached hydrogen (secondary N) is 2. The molecule has 0 aliphatic rings. The summed E-state index contributed by atoms with van der Waals surface area (Å²) in [6.07, 6.45) is 3.18. The molecule has 8 heteroatoms. The molecule has 0 unspecified atom stereocenters. The smallest absolute Gasteiger partial charge is 0.348 e. The molecule has 0 radical (unpaired) electrons. The van der Waals surface area contributed by atoms with Crippen LogP contribution in [0.25, 0.3) is 10.2 Å². The molecule has 0 aliphatic carbocycles. The van der Waals surface area contributed by atoms with Crippen molar-refractivity contribution in [2.45, 2.75) is 20.4 Å². The van der Waals surface area contributed by atoms with E-state index in [-0.39, 0.29) is 5.97 Å². The number of aryl methyl sites for hydroxylation is 1. The molecule has 0 saturated carbocycles. The van der Waals surface area contributed by atoms with Gasteiger partial charge in [0.05, 0.1) is 24.2 Å². The summed E-state index contributed by atoms with van der Waals surface area (Å²) < 4.78 is 5.09. The Hall–Kier alpha value is -2.48. The molecule has 0 saturated heterocycles. The molecule has 0 fully saturated rings. The Morgan fingerprint density at radius 3 is 3.05 bits per heavy atom. The number of ether oxygens (including phenoxy) is 1. The van der Waals surface area contributed by atoms with E-state index >= 15 is 0 Å². The molecule has 2 N–H and O–H groups in total. The number of thiophene rings is 1. The first-order valence-corrected chi connectivity index (χ1v) is 7.65. The van der Waals surface area contributed by atoms with Crippen molar-refractivity contribution in [1.29, 1.82) is 0 Å². The number of H-pyrrole nitrogens is 1. The van der Waals surface area contributed by atoms with E-state index in [1.807, 2.05) is 13.0 Å². The van der Waals surface area contributed by atoms with Crippen LogP contribution < -0.4 is 5.32 Å². The van der Waals surface area contributed by atoms with E-state index in [0.29, 0.717) is 23.8 Å². The average Bonchev–Trinajstić information content (AvgIpc) is 3.14. The van der Waals surface area contributed by atoms with Crippen molar-refractivity contribution in [3.8, 4) is 0 Å². The largest absolute Gasteiger partial charge is 0.462 e. The molecule has 22 heavy (non-hydrogen) atoms. The van der Waals surface area contributed by atoms with Crippen LogP contribution in [0.5, 0.6) is 0 Å². The van der Waals surface area contributed by atoms with Gasteiger partial charge in [0.25, 0.3) is 0 Å². The zero-order valence-corrected chi connectivity index (χ0v) is 13.0. The van der Waals surface area contributed by atoms with Gasteiger partial charge in [0.1, 0.15) is 21.9 Å². The SMILES string of the molecule is CCOC(=O)c1sc2ncnc(NCc3ccn[nH]3)c2c1C. The van der Waals surface area contributed by atoms with Gasteiger partial charge in [0.15, 0.2) is 0 Å². The molecule has 0 aromatic carbocycles. The molecule has 3 aromatic heterocycles. The van der Waals surface area contributed by atoms with Crippen LogP contribution in [0.2, 0.25) is 0 Å². The third kappa shape index (κ3) is 2.64. The van der Waals surface area contributed by atoms with Crippen molar-refractivity contribution in [1.82, 2.24) is 20.2 Å². The predicted octanol–water partition coefficient (Wildman–Crippen LogP) is 2.51. The van der Waals surface area contributed by atoms with Gasteiger partial charge in [0, 0.05) is 6.20 Å². The first kappa shape index (κ1) is 14.5. The Bertz CT molecular complexity index is 797. The summed E-state index contributed by atoms with van der Waals surface area (Å²) in [5.41, 5.74) is 1.79. The van der Waals surface area contributed by atoms with Crippen molar-refractivity contribution in [2.75, 3.05) is 11.9 Å². The monoisotopic (exact) mass is 317 g/mol. The molecule has 0 atom stereocenters. The van der Waals surface area contributed by atoms with E-state index in [0.717, 1.165) is 21.5 Å². The van der Waals surface area contributed by atoms with Gasteiger partial charge >= 0.3 is 5.97 Å². The fourth-order valence-electron chi connectivity index (χ4n) is 2.16. The van der Waals surface area contributed by atoms with Gasteiger partial charge in [-0.25, -0.2) is 14.8 Å². The molecule has 114 valence electrons. The minimum absolute atomic E-state index is 0.317. The van der Waals surface area contributed by atoms with Crippen LogP contribution in [0.1, 0.15) is 27.9 Å². The van der Waals surface area contributed by atoms with Crippen molar-refractivity contribution >= 4 is 33.3 Å². The quantitative estimate of drug-likeness (QED) is 0.702. The molecule has 0 amide bonds. The van der Waals surface area contributed by atoms with Crippen molar-refractivity contribution in [3.63, 3.8) is 0 Å². The van der Waals surface area contributed by atoms with E-state index < -0.39 is 0 Å². The second-order valence-corrected chi connectivity index (χ2v) is 5.61. The van der Waals surface area contributed by atoms with Crippen LogP contribution in [0.4, 0.5) is 5.82 Å². The third-order valence-corrected chi connectivity index (χ3v) is 4.37. The Morgan fingerprint density at radius 2 is 2.32 bits per heavy atom. The third-order valence-electron chi connectivity index (χ3n) is 3.19. The molecule has 0 spiro atoms. The predicted molar refractivity (Wildman–Crippen MR) is 84.0 cm³/mol. The number of anilines is 1. The van der Waals surface area contributed by atoms with Crippen LogP contribution >= 0.6 is 11.3 Å².